The fourth-order valence-corrected chi connectivity index (χ4v) is 2.87. The molecule has 0 radical (unpaired) electrons. The van der Waals surface area contributed by atoms with Crippen LogP contribution in [0.3, 0.4) is 0 Å². The number of aliphatic hydroxyl groups is 1. The lowest BCUT2D eigenvalue weighted by Crippen LogP contribution is -2.17. The number of hydrogen-bond donors (Lipinski definition) is 1. The highest BCUT2D eigenvalue weighted by Crippen LogP contribution is 2.31. The molecular weight excluding hydrogens is 404 g/mol. The molecule has 1 saturated carbocycles. The van der Waals surface area contributed by atoms with E-state index in [2.05, 4.69) is 20.9 Å². The minimum atomic E-state index is -0.866. The van der Waals surface area contributed by atoms with Crippen molar-refractivity contribution < 1.29 is 23.4 Å². The van der Waals surface area contributed by atoms with Crippen LogP contribution in [0.25, 0.3) is 5.76 Å². The van der Waals surface area contributed by atoms with Gasteiger partial charge in [0, 0.05) is 0 Å². The summed E-state index contributed by atoms with van der Waals surface area (Å²) in [5, 5.41) is 10.7. The average Bonchev–Trinajstić information content (AvgIpc) is 3.34. The summed E-state index contributed by atoms with van der Waals surface area (Å²) >= 11 is 4.01. The largest absolute Gasteiger partial charge is 0.506 e. The Bertz CT molecular complexity index is 718. The highest BCUT2D eigenvalue weighted by atomic mass is 79.9. The van der Waals surface area contributed by atoms with Crippen LogP contribution >= 0.6 is 27.7 Å². The summed E-state index contributed by atoms with van der Waals surface area (Å²) < 4.78 is 32.8. The third-order valence-corrected chi connectivity index (χ3v) is 4.54. The van der Waals surface area contributed by atoms with Crippen LogP contribution in [0.2, 0.25) is 0 Å². The van der Waals surface area contributed by atoms with Crippen molar-refractivity contribution >= 4 is 44.5 Å². The SMILES string of the molecule is CCOC(=O)C(C(=NC1CC1)SC)=C(O)c1cc(F)c(Br)cc1F. The average molecular weight is 420 g/mol. The van der Waals surface area contributed by atoms with Crippen LogP contribution in [0.5, 0.6) is 0 Å². The summed E-state index contributed by atoms with van der Waals surface area (Å²) in [6, 6.07) is 1.79. The first-order valence-corrected chi connectivity index (χ1v) is 9.28. The lowest BCUT2D eigenvalue weighted by atomic mass is 10.1. The Hall–Kier alpha value is -1.41. The zero-order valence-electron chi connectivity index (χ0n) is 13.1. The lowest BCUT2D eigenvalue weighted by molar-refractivity contribution is -0.137. The molecule has 0 spiro atoms. The molecule has 2 rings (SSSR count). The maximum atomic E-state index is 14.1. The summed E-state index contributed by atoms with van der Waals surface area (Å²) in [6.07, 6.45) is 3.47. The van der Waals surface area contributed by atoms with E-state index in [4.69, 9.17) is 4.74 Å². The second-order valence-electron chi connectivity index (χ2n) is 5.06. The predicted octanol–water partition coefficient (Wildman–Crippen LogP) is 4.48. The van der Waals surface area contributed by atoms with Gasteiger partial charge in [-0.05, 0) is 54.1 Å². The summed E-state index contributed by atoms with van der Waals surface area (Å²) in [7, 11) is 0. The Balaban J connectivity index is 2.60. The summed E-state index contributed by atoms with van der Waals surface area (Å²) in [5.74, 6) is -3.14. The normalized spacial score (nSPS) is 16.0. The molecule has 0 atom stereocenters. The van der Waals surface area contributed by atoms with Gasteiger partial charge in [-0.1, -0.05) is 0 Å². The Morgan fingerprint density at radius 3 is 2.62 bits per heavy atom. The van der Waals surface area contributed by atoms with E-state index in [1.807, 2.05) is 0 Å². The Kier molecular flexibility index (Phi) is 6.40. The van der Waals surface area contributed by atoms with Crippen LogP contribution in [0.15, 0.2) is 27.2 Å². The molecule has 1 aliphatic rings. The third kappa shape index (κ3) is 4.36. The van der Waals surface area contributed by atoms with E-state index in [0.29, 0.717) is 0 Å². The molecule has 0 bridgehead atoms. The van der Waals surface area contributed by atoms with Crippen molar-refractivity contribution in [2.24, 2.45) is 4.99 Å². The maximum absolute atomic E-state index is 14.1. The Labute approximate surface area is 151 Å². The number of benzene rings is 1. The van der Waals surface area contributed by atoms with Crippen LogP contribution in [-0.4, -0.2) is 35.0 Å². The molecular formula is C16H16BrF2NO3S. The summed E-state index contributed by atoms with van der Waals surface area (Å²) in [5.41, 5.74) is -0.673. The van der Waals surface area contributed by atoms with E-state index in [9.17, 15) is 18.7 Å². The quantitative estimate of drug-likeness (QED) is 0.191. The monoisotopic (exact) mass is 419 g/mol. The molecule has 8 heteroatoms. The van der Waals surface area contributed by atoms with Gasteiger partial charge in [0.2, 0.25) is 0 Å². The highest BCUT2D eigenvalue weighted by Gasteiger charge is 2.29. The molecule has 130 valence electrons. The molecule has 1 aliphatic carbocycles. The van der Waals surface area contributed by atoms with E-state index < -0.39 is 28.9 Å². The van der Waals surface area contributed by atoms with Crippen LogP contribution < -0.4 is 0 Å². The van der Waals surface area contributed by atoms with Crippen molar-refractivity contribution in [1.29, 1.82) is 0 Å². The number of rotatable bonds is 5. The van der Waals surface area contributed by atoms with Crippen LogP contribution in [0.1, 0.15) is 25.3 Å². The number of nitrogens with zero attached hydrogens (tertiary/aromatic N) is 1. The molecule has 4 nitrogen and oxygen atoms in total. The van der Waals surface area contributed by atoms with Crippen molar-refractivity contribution in [2.75, 3.05) is 12.9 Å². The fourth-order valence-electron chi connectivity index (χ4n) is 1.92. The van der Waals surface area contributed by atoms with Crippen molar-refractivity contribution in [3.05, 3.63) is 39.4 Å². The number of aliphatic hydroxyl groups excluding tert-OH is 1. The molecule has 0 saturated heterocycles. The van der Waals surface area contributed by atoms with Crippen LogP contribution in [0.4, 0.5) is 8.78 Å². The van der Waals surface area contributed by atoms with Crippen LogP contribution in [0, 0.1) is 11.6 Å². The number of carbonyl (C=O) groups is 1. The third-order valence-electron chi connectivity index (χ3n) is 3.24. The van der Waals surface area contributed by atoms with Gasteiger partial charge >= 0.3 is 5.97 Å². The molecule has 0 heterocycles. The molecule has 24 heavy (non-hydrogen) atoms. The first kappa shape index (κ1) is 18.9. The number of halogens is 3. The Morgan fingerprint density at radius 1 is 1.42 bits per heavy atom. The van der Waals surface area contributed by atoms with Gasteiger partial charge in [-0.25, -0.2) is 13.6 Å². The second-order valence-corrected chi connectivity index (χ2v) is 6.71. The molecule has 0 amide bonds. The number of aliphatic imine (C=N–C) groups is 1. The van der Waals surface area contributed by atoms with E-state index in [1.165, 1.54) is 0 Å². The molecule has 1 N–H and O–H groups in total. The number of thioether (sulfide) groups is 1. The van der Waals surface area contributed by atoms with E-state index in [-0.39, 0.29) is 27.7 Å². The molecule has 0 aromatic heterocycles. The smallest absolute Gasteiger partial charge is 0.344 e. The zero-order chi connectivity index (χ0) is 17.9. The number of carbonyl (C=O) groups excluding carboxylic acids is 1. The van der Waals surface area contributed by atoms with Crippen LogP contribution in [-0.2, 0) is 9.53 Å². The first-order valence-electron chi connectivity index (χ1n) is 7.26. The molecule has 1 fully saturated rings. The standard InChI is InChI=1S/C16H16BrF2NO3S/c1-3-23-16(22)13(15(24-2)20-8-4-5-8)14(21)9-6-12(19)10(17)7-11(9)18/h6-8,21H,3-5H2,1-2H3. The van der Waals surface area contributed by atoms with E-state index in [1.54, 1.807) is 13.2 Å². The van der Waals surface area contributed by atoms with Crippen molar-refractivity contribution in [3.63, 3.8) is 0 Å². The van der Waals surface area contributed by atoms with E-state index >= 15 is 0 Å². The topological polar surface area (TPSA) is 58.9 Å². The molecule has 0 aliphatic heterocycles. The Morgan fingerprint density at radius 2 is 2.08 bits per heavy atom. The minimum absolute atomic E-state index is 0.0778. The van der Waals surface area contributed by atoms with Crippen molar-refractivity contribution in [2.45, 2.75) is 25.8 Å². The molecule has 1 aromatic rings. The zero-order valence-corrected chi connectivity index (χ0v) is 15.5. The minimum Gasteiger partial charge on any atom is -0.506 e. The van der Waals surface area contributed by atoms with Gasteiger partial charge < -0.3 is 9.84 Å². The van der Waals surface area contributed by atoms with Gasteiger partial charge in [-0.3, -0.25) is 4.99 Å². The second kappa shape index (κ2) is 8.11. The fraction of sp³-hybridized carbons (Fsp3) is 0.375. The van der Waals surface area contributed by atoms with Gasteiger partial charge in [0.25, 0.3) is 0 Å². The summed E-state index contributed by atoms with van der Waals surface area (Å²) in [4.78, 5) is 16.6. The number of esters is 1. The first-order chi connectivity index (χ1) is 11.4. The van der Waals surface area contributed by atoms with Gasteiger partial charge in [0.15, 0.2) is 0 Å². The van der Waals surface area contributed by atoms with Gasteiger partial charge in [0.1, 0.15) is 28.0 Å². The molecule has 1 aromatic carbocycles. The number of ether oxygens (including phenoxy) is 1. The summed E-state index contributed by atoms with van der Waals surface area (Å²) in [6.45, 7) is 1.70. The van der Waals surface area contributed by atoms with Crippen molar-refractivity contribution in [1.82, 2.24) is 0 Å². The number of hydrogen-bond acceptors (Lipinski definition) is 5. The van der Waals surface area contributed by atoms with E-state index in [0.717, 1.165) is 36.7 Å². The molecule has 0 unspecified atom stereocenters. The maximum Gasteiger partial charge on any atom is 0.344 e. The highest BCUT2D eigenvalue weighted by molar-refractivity contribution is 9.10. The predicted molar refractivity (Wildman–Crippen MR) is 94.2 cm³/mol. The van der Waals surface area contributed by atoms with Gasteiger partial charge in [-0.2, -0.15) is 0 Å². The van der Waals surface area contributed by atoms with Gasteiger partial charge in [0.05, 0.1) is 22.7 Å². The lowest BCUT2D eigenvalue weighted by Gasteiger charge is -2.12. The van der Waals surface area contributed by atoms with Gasteiger partial charge in [-0.15, -0.1) is 11.8 Å². The van der Waals surface area contributed by atoms with Crippen molar-refractivity contribution in [3.8, 4) is 0 Å².